The third-order valence-electron chi connectivity index (χ3n) is 4.43. The molecule has 1 amide bonds. The predicted molar refractivity (Wildman–Crippen MR) is 101 cm³/mol. The van der Waals surface area contributed by atoms with Crippen LogP contribution in [0.25, 0.3) is 0 Å². The van der Waals surface area contributed by atoms with E-state index >= 15 is 0 Å². The number of rotatable bonds is 6. The molecule has 0 saturated carbocycles. The maximum atomic E-state index is 12.7. The predicted octanol–water partition coefficient (Wildman–Crippen LogP) is 1.80. The molecule has 148 valence electrons. The van der Waals surface area contributed by atoms with Crippen molar-refractivity contribution in [1.82, 2.24) is 4.31 Å². The van der Waals surface area contributed by atoms with Crippen molar-refractivity contribution in [2.45, 2.75) is 17.7 Å². The van der Waals surface area contributed by atoms with Crippen LogP contribution >= 0.6 is 0 Å². The molecule has 1 aliphatic rings. The smallest absolute Gasteiger partial charge is 0.343 e. The lowest BCUT2D eigenvalue weighted by molar-refractivity contribution is 0.0732. The van der Waals surface area contributed by atoms with Gasteiger partial charge in [-0.05, 0) is 43.2 Å². The van der Waals surface area contributed by atoms with Crippen LogP contribution in [0.5, 0.6) is 11.5 Å². The Morgan fingerprint density at radius 1 is 1.07 bits per heavy atom. The second-order valence-corrected chi connectivity index (χ2v) is 8.19. The summed E-state index contributed by atoms with van der Waals surface area (Å²) in [7, 11) is -2.24. The summed E-state index contributed by atoms with van der Waals surface area (Å²) in [6.45, 7) is 0.922. The van der Waals surface area contributed by atoms with E-state index in [4.69, 9.17) is 15.2 Å². The Morgan fingerprint density at radius 3 is 2.43 bits per heavy atom. The zero-order valence-electron chi connectivity index (χ0n) is 15.3. The van der Waals surface area contributed by atoms with E-state index < -0.39 is 21.9 Å². The fourth-order valence-corrected chi connectivity index (χ4v) is 4.50. The van der Waals surface area contributed by atoms with Crippen LogP contribution in [0.4, 0.5) is 0 Å². The van der Waals surface area contributed by atoms with Crippen LogP contribution in [-0.2, 0) is 10.0 Å². The van der Waals surface area contributed by atoms with Crippen molar-refractivity contribution in [2.75, 3.05) is 20.2 Å². The van der Waals surface area contributed by atoms with E-state index in [2.05, 4.69) is 0 Å². The highest BCUT2D eigenvalue weighted by Gasteiger charge is 2.28. The van der Waals surface area contributed by atoms with Gasteiger partial charge in [0.1, 0.15) is 11.5 Å². The molecule has 2 N–H and O–H groups in total. The fourth-order valence-electron chi connectivity index (χ4n) is 2.94. The van der Waals surface area contributed by atoms with Gasteiger partial charge in [-0.15, -0.1) is 0 Å². The van der Waals surface area contributed by atoms with Crippen molar-refractivity contribution in [3.05, 3.63) is 53.6 Å². The van der Waals surface area contributed by atoms with Gasteiger partial charge in [0.2, 0.25) is 10.0 Å². The number of carbonyl (C=O) groups is 2. The largest absolute Gasteiger partial charge is 0.497 e. The molecule has 0 radical (unpaired) electrons. The summed E-state index contributed by atoms with van der Waals surface area (Å²) in [5, 5.41) is 0. The highest BCUT2D eigenvalue weighted by molar-refractivity contribution is 7.89. The first-order chi connectivity index (χ1) is 13.3. The molecule has 1 heterocycles. The van der Waals surface area contributed by atoms with Crippen molar-refractivity contribution in [1.29, 1.82) is 0 Å². The van der Waals surface area contributed by atoms with E-state index in [0.29, 0.717) is 18.8 Å². The van der Waals surface area contributed by atoms with Crippen molar-refractivity contribution >= 4 is 21.9 Å². The molecule has 0 unspecified atom stereocenters. The number of nitrogens with two attached hydrogens (primary N) is 1. The molecular formula is C19H20N2O6S. The Bertz CT molecular complexity index is 1010. The van der Waals surface area contributed by atoms with Gasteiger partial charge in [0.15, 0.2) is 0 Å². The second-order valence-electron chi connectivity index (χ2n) is 6.25. The van der Waals surface area contributed by atoms with Gasteiger partial charge >= 0.3 is 5.97 Å². The summed E-state index contributed by atoms with van der Waals surface area (Å²) in [5.41, 5.74) is 5.37. The summed E-state index contributed by atoms with van der Waals surface area (Å²) in [4.78, 5) is 24.2. The highest BCUT2D eigenvalue weighted by atomic mass is 32.2. The fraction of sp³-hybridized carbons (Fsp3) is 0.263. The summed E-state index contributed by atoms with van der Waals surface area (Å²) in [6.07, 6.45) is 1.62. The van der Waals surface area contributed by atoms with Gasteiger partial charge < -0.3 is 15.2 Å². The van der Waals surface area contributed by atoms with Crippen LogP contribution in [-0.4, -0.2) is 44.8 Å². The van der Waals surface area contributed by atoms with Gasteiger partial charge in [-0.2, -0.15) is 4.31 Å². The number of ether oxygens (including phenoxy) is 2. The summed E-state index contributed by atoms with van der Waals surface area (Å²) in [5.74, 6) is -1.27. The van der Waals surface area contributed by atoms with Gasteiger partial charge in [-0.3, -0.25) is 4.79 Å². The molecule has 8 nitrogen and oxygen atoms in total. The number of sulfonamides is 1. The SMILES string of the molecule is COc1ccc(C(N)=O)c(OC(=O)c2cccc(S(=O)(=O)N3CCCC3)c2)c1. The summed E-state index contributed by atoms with van der Waals surface area (Å²) >= 11 is 0. The van der Waals surface area contributed by atoms with Crippen molar-refractivity contribution in [3.8, 4) is 11.5 Å². The van der Waals surface area contributed by atoms with Crippen LogP contribution < -0.4 is 15.2 Å². The van der Waals surface area contributed by atoms with Crippen molar-refractivity contribution in [2.24, 2.45) is 5.73 Å². The molecule has 1 saturated heterocycles. The van der Waals surface area contributed by atoms with E-state index in [1.807, 2.05) is 0 Å². The number of benzene rings is 2. The molecule has 1 aliphatic heterocycles. The Balaban J connectivity index is 1.89. The van der Waals surface area contributed by atoms with Crippen molar-refractivity contribution in [3.63, 3.8) is 0 Å². The van der Waals surface area contributed by atoms with Crippen LogP contribution in [0.3, 0.4) is 0 Å². The molecule has 0 aliphatic carbocycles. The Morgan fingerprint density at radius 2 is 1.79 bits per heavy atom. The molecule has 28 heavy (non-hydrogen) atoms. The second kappa shape index (κ2) is 7.99. The molecular weight excluding hydrogens is 384 g/mol. The minimum absolute atomic E-state index is 0.00925. The van der Waals surface area contributed by atoms with E-state index in [-0.39, 0.29) is 21.8 Å². The lowest BCUT2D eigenvalue weighted by Crippen LogP contribution is -2.28. The molecule has 0 spiro atoms. The maximum Gasteiger partial charge on any atom is 0.343 e. The molecule has 0 bridgehead atoms. The zero-order chi connectivity index (χ0) is 20.3. The van der Waals surface area contributed by atoms with Crippen LogP contribution in [0.2, 0.25) is 0 Å². The van der Waals surface area contributed by atoms with Crippen LogP contribution in [0, 0.1) is 0 Å². The third kappa shape index (κ3) is 4.00. The topological polar surface area (TPSA) is 116 Å². The third-order valence-corrected chi connectivity index (χ3v) is 6.32. The first kappa shape index (κ1) is 19.8. The van der Waals surface area contributed by atoms with Gasteiger partial charge in [0.05, 0.1) is 23.1 Å². The zero-order valence-corrected chi connectivity index (χ0v) is 16.1. The van der Waals surface area contributed by atoms with E-state index in [0.717, 1.165) is 12.8 Å². The maximum absolute atomic E-state index is 12.7. The van der Waals surface area contributed by atoms with Gasteiger partial charge in [-0.1, -0.05) is 6.07 Å². The minimum Gasteiger partial charge on any atom is -0.497 e. The first-order valence-corrected chi connectivity index (χ1v) is 10.1. The number of methoxy groups -OCH3 is 1. The normalized spacial score (nSPS) is 14.6. The van der Waals surface area contributed by atoms with Crippen LogP contribution in [0.15, 0.2) is 47.4 Å². The Labute approximate surface area is 162 Å². The number of hydrogen-bond donors (Lipinski definition) is 1. The first-order valence-electron chi connectivity index (χ1n) is 8.63. The average molecular weight is 404 g/mol. The number of nitrogens with zero attached hydrogens (tertiary/aromatic N) is 1. The van der Waals surface area contributed by atoms with Crippen LogP contribution in [0.1, 0.15) is 33.6 Å². The molecule has 9 heteroatoms. The molecule has 0 aromatic heterocycles. The van der Waals surface area contributed by atoms with Gasteiger partial charge in [-0.25, -0.2) is 13.2 Å². The summed E-state index contributed by atoms with van der Waals surface area (Å²) in [6, 6.07) is 9.88. The summed E-state index contributed by atoms with van der Waals surface area (Å²) < 4.78 is 37.1. The van der Waals surface area contributed by atoms with Gasteiger partial charge in [0.25, 0.3) is 5.91 Å². The monoisotopic (exact) mass is 404 g/mol. The number of esters is 1. The minimum atomic E-state index is -3.67. The van der Waals surface area contributed by atoms with Crippen molar-refractivity contribution < 1.29 is 27.5 Å². The quantitative estimate of drug-likeness (QED) is 0.580. The molecule has 0 atom stereocenters. The highest BCUT2D eigenvalue weighted by Crippen LogP contribution is 2.26. The average Bonchev–Trinajstić information content (AvgIpc) is 3.23. The molecule has 2 aromatic rings. The number of amides is 1. The molecule has 1 fully saturated rings. The van der Waals surface area contributed by atoms with Gasteiger partial charge in [0, 0.05) is 19.2 Å². The molecule has 2 aromatic carbocycles. The lowest BCUT2D eigenvalue weighted by atomic mass is 10.1. The van der Waals surface area contributed by atoms with E-state index in [9.17, 15) is 18.0 Å². The Kier molecular flexibility index (Phi) is 5.66. The standard InChI is InChI=1S/C19H20N2O6S/c1-26-14-7-8-16(18(20)22)17(12-14)27-19(23)13-5-4-6-15(11-13)28(24,25)21-9-2-3-10-21/h4-8,11-12H,2-3,9-10H2,1H3,(H2,20,22). The van der Waals surface area contributed by atoms with E-state index in [1.165, 1.54) is 53.9 Å². The number of hydrogen-bond acceptors (Lipinski definition) is 6. The lowest BCUT2D eigenvalue weighted by Gasteiger charge is -2.16. The van der Waals surface area contributed by atoms with E-state index in [1.54, 1.807) is 0 Å². The molecule has 3 rings (SSSR count). The Hall–Kier alpha value is -2.91. The number of primary amides is 1. The number of carbonyl (C=O) groups excluding carboxylic acids is 2.